The number of hydrogen-bond donors (Lipinski definition) is 2. The molecule has 1 aliphatic heterocycles. The second kappa shape index (κ2) is 7.17. The van der Waals surface area contributed by atoms with E-state index in [2.05, 4.69) is 10.6 Å². The minimum absolute atomic E-state index is 0.0293. The zero-order valence-electron chi connectivity index (χ0n) is 13.4. The van der Waals surface area contributed by atoms with E-state index in [-0.39, 0.29) is 11.8 Å². The van der Waals surface area contributed by atoms with Crippen LogP contribution in [0, 0.1) is 11.7 Å². The minimum atomic E-state index is -0.525. The molecule has 23 heavy (non-hydrogen) atoms. The van der Waals surface area contributed by atoms with E-state index in [4.69, 9.17) is 11.6 Å². The summed E-state index contributed by atoms with van der Waals surface area (Å²) in [5, 5.41) is 5.71. The lowest BCUT2D eigenvalue weighted by atomic mass is 9.95. The molecule has 0 spiro atoms. The van der Waals surface area contributed by atoms with Crippen molar-refractivity contribution in [2.24, 2.45) is 5.92 Å². The molecule has 5 nitrogen and oxygen atoms in total. The van der Waals surface area contributed by atoms with Crippen LogP contribution >= 0.6 is 11.6 Å². The van der Waals surface area contributed by atoms with Gasteiger partial charge in [-0.15, -0.1) is 0 Å². The van der Waals surface area contributed by atoms with Crippen LogP contribution in [-0.2, 0) is 4.79 Å². The molecule has 0 aliphatic carbocycles. The average Bonchev–Trinajstić information content (AvgIpc) is 2.77. The quantitative estimate of drug-likeness (QED) is 0.884. The van der Waals surface area contributed by atoms with Gasteiger partial charge in [0.1, 0.15) is 11.9 Å². The van der Waals surface area contributed by atoms with Crippen molar-refractivity contribution < 1.29 is 14.0 Å². The molecule has 1 saturated heterocycles. The Morgan fingerprint density at radius 2 is 2.13 bits per heavy atom. The second-order valence-electron chi connectivity index (χ2n) is 6.11. The summed E-state index contributed by atoms with van der Waals surface area (Å²) in [6.07, 6.45) is 0.574. The van der Waals surface area contributed by atoms with Gasteiger partial charge in [-0.25, -0.2) is 9.18 Å². The van der Waals surface area contributed by atoms with Crippen molar-refractivity contribution in [3.63, 3.8) is 0 Å². The van der Waals surface area contributed by atoms with Crippen LogP contribution in [0.15, 0.2) is 18.2 Å². The van der Waals surface area contributed by atoms with Crippen LogP contribution in [0.4, 0.5) is 9.18 Å². The summed E-state index contributed by atoms with van der Waals surface area (Å²) in [5.41, 5.74) is 0.370. The maximum Gasteiger partial charge on any atom is 0.315 e. The van der Waals surface area contributed by atoms with Crippen LogP contribution < -0.4 is 10.6 Å². The lowest BCUT2D eigenvalue weighted by Crippen LogP contribution is -2.47. The highest BCUT2D eigenvalue weighted by atomic mass is 35.5. The highest BCUT2D eigenvalue weighted by Gasteiger charge is 2.31. The normalized spacial score (nSPS) is 19.1. The fraction of sp³-hybridized carbons (Fsp3) is 0.500. The van der Waals surface area contributed by atoms with Gasteiger partial charge in [0.2, 0.25) is 5.91 Å². The third kappa shape index (κ3) is 4.13. The lowest BCUT2D eigenvalue weighted by Gasteiger charge is -2.24. The molecule has 3 amide bonds. The monoisotopic (exact) mass is 341 g/mol. The van der Waals surface area contributed by atoms with Crippen molar-refractivity contribution in [2.75, 3.05) is 13.6 Å². The van der Waals surface area contributed by atoms with E-state index in [9.17, 15) is 14.0 Å². The highest BCUT2D eigenvalue weighted by molar-refractivity contribution is 6.30. The third-order valence-corrected chi connectivity index (χ3v) is 4.22. The van der Waals surface area contributed by atoms with Gasteiger partial charge in [-0.2, -0.15) is 0 Å². The third-order valence-electron chi connectivity index (χ3n) is 3.98. The van der Waals surface area contributed by atoms with Crippen LogP contribution in [-0.4, -0.2) is 36.5 Å². The summed E-state index contributed by atoms with van der Waals surface area (Å²) in [6.45, 7) is 4.38. The predicted molar refractivity (Wildman–Crippen MR) is 86.7 cm³/mol. The summed E-state index contributed by atoms with van der Waals surface area (Å²) in [4.78, 5) is 25.6. The number of urea groups is 1. The first kappa shape index (κ1) is 17.5. The van der Waals surface area contributed by atoms with Gasteiger partial charge < -0.3 is 15.5 Å². The van der Waals surface area contributed by atoms with Crippen LogP contribution in [0.3, 0.4) is 0 Å². The number of amides is 3. The van der Waals surface area contributed by atoms with Crippen LogP contribution in [0.2, 0.25) is 5.02 Å². The van der Waals surface area contributed by atoms with E-state index in [0.29, 0.717) is 23.6 Å². The number of nitrogens with one attached hydrogen (secondary N) is 2. The van der Waals surface area contributed by atoms with Gasteiger partial charge in [-0.1, -0.05) is 31.5 Å². The Kier molecular flexibility index (Phi) is 5.46. The Labute approximate surface area is 140 Å². The molecule has 2 rings (SSSR count). The molecule has 2 atom stereocenters. The molecule has 126 valence electrons. The van der Waals surface area contributed by atoms with E-state index < -0.39 is 23.9 Å². The van der Waals surface area contributed by atoms with Crippen molar-refractivity contribution >= 4 is 23.5 Å². The van der Waals surface area contributed by atoms with Crippen LogP contribution in [0.5, 0.6) is 0 Å². The molecule has 1 aromatic carbocycles. The number of carbonyl (C=O) groups is 2. The molecule has 1 aromatic rings. The topological polar surface area (TPSA) is 61.4 Å². The molecular formula is C16H21ClFN3O2. The zero-order valence-corrected chi connectivity index (χ0v) is 14.2. The fourth-order valence-electron chi connectivity index (χ4n) is 2.65. The molecule has 0 radical (unpaired) electrons. The van der Waals surface area contributed by atoms with Crippen molar-refractivity contribution in [3.05, 3.63) is 34.6 Å². The first-order valence-electron chi connectivity index (χ1n) is 7.56. The summed E-state index contributed by atoms with van der Waals surface area (Å²) < 4.78 is 14.1. The first-order valence-corrected chi connectivity index (χ1v) is 7.94. The molecule has 1 aliphatic rings. The fourth-order valence-corrected chi connectivity index (χ4v) is 2.81. The molecule has 2 N–H and O–H groups in total. The molecule has 1 fully saturated rings. The maximum absolute atomic E-state index is 14.1. The molecule has 0 bridgehead atoms. The Morgan fingerprint density at radius 1 is 1.43 bits per heavy atom. The van der Waals surface area contributed by atoms with E-state index >= 15 is 0 Å². The molecule has 0 saturated carbocycles. The largest absolute Gasteiger partial charge is 0.344 e. The van der Waals surface area contributed by atoms with Crippen LogP contribution in [0.1, 0.15) is 31.9 Å². The van der Waals surface area contributed by atoms with Crippen molar-refractivity contribution in [3.8, 4) is 0 Å². The van der Waals surface area contributed by atoms with Gasteiger partial charge >= 0.3 is 6.03 Å². The van der Waals surface area contributed by atoms with E-state index in [0.717, 1.165) is 0 Å². The second-order valence-corrected chi connectivity index (χ2v) is 6.54. The molecule has 1 heterocycles. The van der Waals surface area contributed by atoms with Crippen LogP contribution in [0.25, 0.3) is 0 Å². The van der Waals surface area contributed by atoms with E-state index in [1.165, 1.54) is 6.07 Å². The van der Waals surface area contributed by atoms with E-state index in [1.807, 2.05) is 13.8 Å². The highest BCUT2D eigenvalue weighted by Crippen LogP contribution is 2.26. The maximum atomic E-state index is 14.1. The van der Waals surface area contributed by atoms with Crippen molar-refractivity contribution in [2.45, 2.75) is 32.4 Å². The number of benzene rings is 1. The molecule has 7 heteroatoms. The van der Waals surface area contributed by atoms with Gasteiger partial charge in [0.25, 0.3) is 0 Å². The Morgan fingerprint density at radius 3 is 2.65 bits per heavy atom. The number of hydrogen-bond acceptors (Lipinski definition) is 2. The van der Waals surface area contributed by atoms with Crippen molar-refractivity contribution in [1.29, 1.82) is 0 Å². The number of likely N-dealkylation sites (N-methyl/N-ethyl adjacent to an activating group) is 1. The van der Waals surface area contributed by atoms with Gasteiger partial charge in [-0.05, 0) is 24.5 Å². The average molecular weight is 342 g/mol. The minimum Gasteiger partial charge on any atom is -0.344 e. The standard InChI is InChI=1S/C16H21ClFN3O2/c1-9(2)14(11-5-4-10(17)8-12(11)18)20-16(23)19-13-6-7-21(3)15(13)22/h4-5,8-9,13-14H,6-7H2,1-3H3,(H2,19,20,23)/t13-,14+/m1/s1. The summed E-state index contributed by atoms with van der Waals surface area (Å²) >= 11 is 5.77. The van der Waals surface area contributed by atoms with Crippen molar-refractivity contribution in [1.82, 2.24) is 15.5 Å². The van der Waals surface area contributed by atoms with Gasteiger partial charge in [0.15, 0.2) is 0 Å². The first-order chi connectivity index (χ1) is 10.8. The predicted octanol–water partition coefficient (Wildman–Crippen LogP) is 2.71. The Hall–Kier alpha value is -1.82. The SMILES string of the molecule is CC(C)[C@H](NC(=O)N[C@@H]1CCN(C)C1=O)c1ccc(Cl)cc1F. The number of nitrogens with zero attached hydrogens (tertiary/aromatic N) is 1. The Balaban J connectivity index is 2.07. The number of likely N-dealkylation sites (tertiary alicyclic amines) is 1. The Bertz CT molecular complexity index is 609. The smallest absolute Gasteiger partial charge is 0.315 e. The summed E-state index contributed by atoms with van der Waals surface area (Å²) in [6, 6.07) is 2.86. The van der Waals surface area contributed by atoms with Gasteiger partial charge in [0.05, 0.1) is 6.04 Å². The molecular weight excluding hydrogens is 321 g/mol. The summed E-state index contributed by atoms with van der Waals surface area (Å²) in [7, 11) is 1.70. The zero-order chi connectivity index (χ0) is 17.1. The van der Waals surface area contributed by atoms with Gasteiger partial charge in [-0.3, -0.25) is 4.79 Å². The lowest BCUT2D eigenvalue weighted by molar-refractivity contribution is -0.128. The van der Waals surface area contributed by atoms with Gasteiger partial charge in [0, 0.05) is 24.2 Å². The summed E-state index contributed by atoms with van der Waals surface area (Å²) in [5.74, 6) is -0.606. The molecule has 0 aromatic heterocycles. The number of halogens is 2. The molecule has 0 unspecified atom stereocenters. The van der Waals surface area contributed by atoms with E-state index in [1.54, 1.807) is 24.1 Å². The number of rotatable bonds is 4. The number of carbonyl (C=O) groups excluding carboxylic acids is 2.